The zero-order chi connectivity index (χ0) is 18.4. The molecule has 2 nitrogen and oxygen atoms in total. The van der Waals surface area contributed by atoms with Gasteiger partial charge in [0, 0.05) is 0 Å². The molecule has 0 radical (unpaired) electrons. The van der Waals surface area contributed by atoms with Crippen molar-refractivity contribution in [1.82, 2.24) is 0 Å². The van der Waals surface area contributed by atoms with Crippen molar-refractivity contribution in [3.63, 3.8) is 0 Å². The van der Waals surface area contributed by atoms with E-state index in [2.05, 4.69) is 38.1 Å². The Morgan fingerprint density at radius 2 is 1.54 bits per heavy atom. The minimum Gasteiger partial charge on any atom is -0.462 e. The fourth-order valence-electron chi connectivity index (χ4n) is 4.92. The van der Waals surface area contributed by atoms with Crippen molar-refractivity contribution in [2.24, 2.45) is 17.8 Å². The third-order valence-electron chi connectivity index (χ3n) is 6.70. The van der Waals surface area contributed by atoms with E-state index in [1.807, 2.05) is 0 Å². The fraction of sp³-hybridized carbons (Fsp3) is 0.708. The molecule has 0 spiro atoms. The van der Waals surface area contributed by atoms with E-state index >= 15 is 0 Å². The van der Waals surface area contributed by atoms with Crippen LogP contribution in [0.1, 0.15) is 82.8 Å². The van der Waals surface area contributed by atoms with E-state index in [9.17, 15) is 4.79 Å². The van der Waals surface area contributed by atoms with E-state index in [-0.39, 0.29) is 18.0 Å². The van der Waals surface area contributed by atoms with Crippen LogP contribution in [0.15, 0.2) is 24.3 Å². The first-order valence-electron chi connectivity index (χ1n) is 11.0. The predicted molar refractivity (Wildman–Crippen MR) is 107 cm³/mol. The highest BCUT2D eigenvalue weighted by Crippen LogP contribution is 2.39. The molecule has 3 rings (SSSR count). The Morgan fingerprint density at radius 1 is 0.885 bits per heavy atom. The molecule has 2 heteroatoms. The third-order valence-corrected chi connectivity index (χ3v) is 6.70. The van der Waals surface area contributed by atoms with E-state index in [0.717, 1.165) is 25.2 Å². The molecule has 144 valence electrons. The van der Waals surface area contributed by atoms with Crippen LogP contribution in [0.25, 0.3) is 0 Å². The van der Waals surface area contributed by atoms with Crippen molar-refractivity contribution in [3.05, 3.63) is 35.4 Å². The van der Waals surface area contributed by atoms with Crippen molar-refractivity contribution in [3.8, 4) is 0 Å². The molecule has 0 bridgehead atoms. The lowest BCUT2D eigenvalue weighted by Gasteiger charge is -2.36. The van der Waals surface area contributed by atoms with Crippen LogP contribution in [0, 0.1) is 17.8 Å². The average molecular weight is 357 g/mol. The van der Waals surface area contributed by atoms with Gasteiger partial charge in [0.25, 0.3) is 0 Å². The highest BCUT2D eigenvalue weighted by atomic mass is 16.5. The molecule has 2 atom stereocenters. The maximum atomic E-state index is 12.3. The Hall–Kier alpha value is -1.31. The Labute approximate surface area is 159 Å². The summed E-state index contributed by atoms with van der Waals surface area (Å²) in [7, 11) is 0. The van der Waals surface area contributed by atoms with Crippen molar-refractivity contribution in [2.75, 3.05) is 0 Å². The summed E-state index contributed by atoms with van der Waals surface area (Å²) in [6.45, 7) is 4.35. The SMILES string of the molecule is CCCc1ccc(CCC2CCC(C3CCC(CC)OC3=O)CC2)cc1. The Bertz CT molecular complexity index is 554. The van der Waals surface area contributed by atoms with Gasteiger partial charge in [-0.05, 0) is 74.3 Å². The summed E-state index contributed by atoms with van der Waals surface area (Å²) >= 11 is 0. The van der Waals surface area contributed by atoms with Crippen molar-refractivity contribution in [2.45, 2.75) is 90.6 Å². The van der Waals surface area contributed by atoms with Crippen LogP contribution in [0.5, 0.6) is 0 Å². The first kappa shape index (κ1) is 19.5. The number of carbonyl (C=O) groups excluding carboxylic acids is 1. The first-order chi connectivity index (χ1) is 12.7. The van der Waals surface area contributed by atoms with E-state index in [1.165, 1.54) is 62.5 Å². The van der Waals surface area contributed by atoms with Gasteiger partial charge in [0.2, 0.25) is 0 Å². The summed E-state index contributed by atoms with van der Waals surface area (Å²) in [6, 6.07) is 9.24. The summed E-state index contributed by atoms with van der Waals surface area (Å²) in [6.07, 6.45) is 13.2. The highest BCUT2D eigenvalue weighted by Gasteiger charge is 2.36. The number of esters is 1. The number of rotatable bonds is 7. The van der Waals surface area contributed by atoms with Gasteiger partial charge in [-0.1, -0.05) is 57.4 Å². The lowest BCUT2D eigenvalue weighted by molar-refractivity contribution is -0.163. The monoisotopic (exact) mass is 356 g/mol. The predicted octanol–water partition coefficient (Wildman–Crippen LogP) is 6.11. The number of hydrogen-bond acceptors (Lipinski definition) is 2. The van der Waals surface area contributed by atoms with Gasteiger partial charge < -0.3 is 4.74 Å². The van der Waals surface area contributed by atoms with Gasteiger partial charge >= 0.3 is 5.97 Å². The van der Waals surface area contributed by atoms with Crippen LogP contribution in [0.2, 0.25) is 0 Å². The maximum absolute atomic E-state index is 12.3. The van der Waals surface area contributed by atoms with Gasteiger partial charge in [0.15, 0.2) is 0 Å². The van der Waals surface area contributed by atoms with Gasteiger partial charge in [-0.3, -0.25) is 4.79 Å². The summed E-state index contributed by atoms with van der Waals surface area (Å²) in [5.41, 5.74) is 2.94. The Balaban J connectivity index is 1.40. The van der Waals surface area contributed by atoms with E-state index in [1.54, 1.807) is 0 Å². The molecule has 1 aliphatic carbocycles. The number of ether oxygens (including phenoxy) is 1. The largest absolute Gasteiger partial charge is 0.462 e. The van der Waals surface area contributed by atoms with Gasteiger partial charge in [0.1, 0.15) is 6.10 Å². The molecule has 1 aromatic rings. The molecule has 1 heterocycles. The van der Waals surface area contributed by atoms with Crippen LogP contribution < -0.4 is 0 Å². The Morgan fingerprint density at radius 3 is 2.12 bits per heavy atom. The molecule has 1 saturated heterocycles. The van der Waals surface area contributed by atoms with Crippen LogP contribution in [0.4, 0.5) is 0 Å². The number of aryl methyl sites for hydroxylation is 2. The standard InChI is InChI=1S/C24H36O2/c1-3-5-18-6-8-19(9-7-18)10-11-20-12-14-21(15-13-20)23-17-16-22(4-2)26-24(23)25/h6-9,20-23H,3-5,10-17H2,1-2H3. The normalized spacial score (nSPS) is 29.4. The van der Waals surface area contributed by atoms with Crippen LogP contribution in [0.3, 0.4) is 0 Å². The second-order valence-electron chi connectivity index (χ2n) is 8.54. The molecular weight excluding hydrogens is 320 g/mol. The average Bonchev–Trinajstić information content (AvgIpc) is 2.68. The number of benzene rings is 1. The lowest BCUT2D eigenvalue weighted by Crippen LogP contribution is -2.36. The minimum absolute atomic E-state index is 0.0960. The minimum atomic E-state index is 0.0960. The van der Waals surface area contributed by atoms with Crippen LogP contribution in [-0.4, -0.2) is 12.1 Å². The number of carbonyl (C=O) groups is 1. The number of cyclic esters (lactones) is 1. The molecule has 1 aliphatic heterocycles. The molecule has 1 aromatic carbocycles. The molecule has 0 amide bonds. The molecular formula is C24H36O2. The maximum Gasteiger partial charge on any atom is 0.309 e. The smallest absolute Gasteiger partial charge is 0.309 e. The van der Waals surface area contributed by atoms with Gasteiger partial charge in [-0.2, -0.15) is 0 Å². The fourth-order valence-corrected chi connectivity index (χ4v) is 4.92. The third kappa shape index (κ3) is 5.11. The Kier molecular flexibility index (Phi) is 7.16. The summed E-state index contributed by atoms with van der Waals surface area (Å²) in [4.78, 5) is 12.3. The van der Waals surface area contributed by atoms with E-state index in [0.29, 0.717) is 5.92 Å². The molecule has 2 aliphatic rings. The molecule has 1 saturated carbocycles. The van der Waals surface area contributed by atoms with E-state index in [4.69, 9.17) is 4.74 Å². The van der Waals surface area contributed by atoms with Crippen molar-refractivity contribution >= 4 is 5.97 Å². The van der Waals surface area contributed by atoms with Crippen LogP contribution in [-0.2, 0) is 22.4 Å². The zero-order valence-corrected chi connectivity index (χ0v) is 16.7. The first-order valence-corrected chi connectivity index (χ1v) is 11.0. The van der Waals surface area contributed by atoms with Crippen LogP contribution >= 0.6 is 0 Å². The van der Waals surface area contributed by atoms with Gasteiger partial charge in [-0.15, -0.1) is 0 Å². The summed E-state index contributed by atoms with van der Waals surface area (Å²) in [5, 5.41) is 0. The molecule has 26 heavy (non-hydrogen) atoms. The topological polar surface area (TPSA) is 26.3 Å². The second-order valence-corrected chi connectivity index (χ2v) is 8.54. The summed E-state index contributed by atoms with van der Waals surface area (Å²) < 4.78 is 5.62. The second kappa shape index (κ2) is 9.58. The molecule has 0 N–H and O–H groups in total. The van der Waals surface area contributed by atoms with Crippen molar-refractivity contribution < 1.29 is 9.53 Å². The molecule has 0 aromatic heterocycles. The highest BCUT2D eigenvalue weighted by molar-refractivity contribution is 5.73. The molecule has 2 unspecified atom stereocenters. The van der Waals surface area contributed by atoms with E-state index < -0.39 is 0 Å². The summed E-state index contributed by atoms with van der Waals surface area (Å²) in [5.74, 6) is 1.69. The number of hydrogen-bond donors (Lipinski definition) is 0. The van der Waals surface area contributed by atoms with Gasteiger partial charge in [0.05, 0.1) is 5.92 Å². The van der Waals surface area contributed by atoms with Crippen molar-refractivity contribution in [1.29, 1.82) is 0 Å². The quantitative estimate of drug-likeness (QED) is 0.551. The lowest BCUT2D eigenvalue weighted by atomic mass is 9.72. The zero-order valence-electron chi connectivity index (χ0n) is 16.7. The van der Waals surface area contributed by atoms with Gasteiger partial charge in [-0.25, -0.2) is 0 Å². The molecule has 2 fully saturated rings.